The number of anilines is 2. The number of piperidine rings is 1. The molecule has 3 fully saturated rings. The second-order valence-corrected chi connectivity index (χ2v) is 8.85. The number of para-hydroxylation sites is 1. The third-order valence-electron chi connectivity index (χ3n) is 7.19. The Bertz CT molecular complexity index is 1090. The van der Waals surface area contributed by atoms with Gasteiger partial charge in [-0.2, -0.15) is 0 Å². The smallest absolute Gasteiger partial charge is 0.251 e. The molecule has 3 heterocycles. The SMILES string of the molecule is COc1cc(OC)cc(N2C(=O)C[C@@H](N3CCC4(CC3)C(=O)NCN4c3ccccc3)C2=O)c1. The Morgan fingerprint density at radius 3 is 2.18 bits per heavy atom. The third-order valence-corrected chi connectivity index (χ3v) is 7.19. The Hall–Kier alpha value is -3.59. The normalized spacial score (nSPS) is 22.4. The molecule has 3 saturated heterocycles. The van der Waals surface area contributed by atoms with Crippen molar-refractivity contribution in [2.45, 2.75) is 30.8 Å². The van der Waals surface area contributed by atoms with Crippen molar-refractivity contribution in [3.05, 3.63) is 48.5 Å². The summed E-state index contributed by atoms with van der Waals surface area (Å²) in [5.41, 5.74) is 0.802. The first-order valence-corrected chi connectivity index (χ1v) is 11.4. The van der Waals surface area contributed by atoms with E-state index in [1.165, 1.54) is 19.1 Å². The van der Waals surface area contributed by atoms with E-state index in [2.05, 4.69) is 10.2 Å². The largest absolute Gasteiger partial charge is 0.497 e. The van der Waals surface area contributed by atoms with Crippen LogP contribution in [0.15, 0.2) is 48.5 Å². The van der Waals surface area contributed by atoms with Gasteiger partial charge in [0.2, 0.25) is 11.8 Å². The van der Waals surface area contributed by atoms with E-state index in [0.29, 0.717) is 49.8 Å². The molecule has 0 unspecified atom stereocenters. The van der Waals surface area contributed by atoms with E-state index in [1.54, 1.807) is 18.2 Å². The monoisotopic (exact) mass is 464 g/mol. The highest BCUT2D eigenvalue weighted by molar-refractivity contribution is 6.22. The minimum Gasteiger partial charge on any atom is -0.497 e. The van der Waals surface area contributed by atoms with Crippen LogP contribution in [-0.2, 0) is 14.4 Å². The van der Waals surface area contributed by atoms with Crippen molar-refractivity contribution in [3.63, 3.8) is 0 Å². The summed E-state index contributed by atoms with van der Waals surface area (Å²) in [4.78, 5) is 44.6. The van der Waals surface area contributed by atoms with Crippen LogP contribution >= 0.6 is 0 Å². The predicted octanol–water partition coefficient (Wildman–Crippen LogP) is 1.76. The van der Waals surface area contributed by atoms with Crippen molar-refractivity contribution in [1.82, 2.24) is 10.2 Å². The van der Waals surface area contributed by atoms with Crippen LogP contribution in [0.5, 0.6) is 11.5 Å². The molecule has 0 aromatic heterocycles. The molecular weight excluding hydrogens is 436 g/mol. The number of ether oxygens (including phenoxy) is 2. The lowest BCUT2D eigenvalue weighted by Crippen LogP contribution is -2.58. The summed E-state index contributed by atoms with van der Waals surface area (Å²) >= 11 is 0. The number of rotatable bonds is 5. The maximum Gasteiger partial charge on any atom is 0.251 e. The maximum absolute atomic E-state index is 13.4. The standard InChI is InChI=1S/C25H28N4O5/c1-33-19-12-18(13-20(14-19)34-2)29-22(30)15-21(23(29)31)27-10-8-25(9-11-27)24(32)26-16-28(25)17-6-4-3-5-7-17/h3-7,12-14,21H,8-11,15-16H2,1-2H3,(H,26,32)/t21-/m1/s1. The molecule has 178 valence electrons. The van der Waals surface area contributed by atoms with Gasteiger partial charge in [0.15, 0.2) is 0 Å². The fourth-order valence-electron chi connectivity index (χ4n) is 5.33. The fourth-order valence-corrected chi connectivity index (χ4v) is 5.33. The summed E-state index contributed by atoms with van der Waals surface area (Å²) in [6, 6.07) is 14.4. The lowest BCUT2D eigenvalue weighted by Gasteiger charge is -2.44. The highest BCUT2D eigenvalue weighted by Crippen LogP contribution is 2.38. The van der Waals surface area contributed by atoms with Crippen molar-refractivity contribution in [1.29, 1.82) is 0 Å². The third kappa shape index (κ3) is 3.56. The van der Waals surface area contributed by atoms with Gasteiger partial charge in [-0.25, -0.2) is 4.90 Å². The van der Waals surface area contributed by atoms with Crippen LogP contribution < -0.4 is 24.6 Å². The summed E-state index contributed by atoms with van der Waals surface area (Å²) in [6.07, 6.45) is 1.28. The molecule has 1 atom stereocenters. The molecule has 9 heteroatoms. The number of hydrogen-bond acceptors (Lipinski definition) is 7. The van der Waals surface area contributed by atoms with Crippen LogP contribution in [0.2, 0.25) is 0 Å². The molecular formula is C25H28N4O5. The molecule has 3 amide bonds. The van der Waals surface area contributed by atoms with Gasteiger partial charge in [0.1, 0.15) is 17.0 Å². The fraction of sp³-hybridized carbons (Fsp3) is 0.400. The van der Waals surface area contributed by atoms with Crippen LogP contribution in [-0.4, -0.2) is 68.2 Å². The van der Waals surface area contributed by atoms with Crippen LogP contribution in [0.25, 0.3) is 0 Å². The van der Waals surface area contributed by atoms with Gasteiger partial charge in [0.25, 0.3) is 5.91 Å². The molecule has 3 aliphatic rings. The van der Waals surface area contributed by atoms with Crippen LogP contribution in [0.1, 0.15) is 19.3 Å². The number of carbonyl (C=O) groups excluding carboxylic acids is 3. The minimum absolute atomic E-state index is 0.0231. The molecule has 0 saturated carbocycles. The quantitative estimate of drug-likeness (QED) is 0.675. The molecule has 0 radical (unpaired) electrons. The number of methoxy groups -OCH3 is 2. The van der Waals surface area contributed by atoms with E-state index < -0.39 is 11.6 Å². The molecule has 1 N–H and O–H groups in total. The van der Waals surface area contributed by atoms with Gasteiger partial charge in [-0.3, -0.25) is 19.3 Å². The zero-order valence-corrected chi connectivity index (χ0v) is 19.3. The number of imide groups is 1. The molecule has 0 bridgehead atoms. The van der Waals surface area contributed by atoms with Gasteiger partial charge in [0.05, 0.1) is 39.0 Å². The number of hydrogen-bond donors (Lipinski definition) is 1. The number of benzene rings is 2. The number of nitrogens with zero attached hydrogens (tertiary/aromatic N) is 3. The van der Waals surface area contributed by atoms with Crippen molar-refractivity contribution in [3.8, 4) is 11.5 Å². The average molecular weight is 465 g/mol. The number of carbonyl (C=O) groups is 3. The Kier molecular flexibility index (Phi) is 5.65. The van der Waals surface area contributed by atoms with E-state index in [-0.39, 0.29) is 24.1 Å². The highest BCUT2D eigenvalue weighted by atomic mass is 16.5. The number of nitrogens with one attached hydrogen (secondary N) is 1. The Labute approximate surface area is 198 Å². The molecule has 1 spiro atoms. The summed E-state index contributed by atoms with van der Waals surface area (Å²) in [5.74, 6) is 0.523. The van der Waals surface area contributed by atoms with E-state index in [9.17, 15) is 14.4 Å². The summed E-state index contributed by atoms with van der Waals surface area (Å²) in [7, 11) is 3.05. The minimum atomic E-state index is -0.636. The first-order chi connectivity index (χ1) is 16.5. The number of likely N-dealkylation sites (tertiary alicyclic amines) is 1. The highest BCUT2D eigenvalue weighted by Gasteiger charge is 2.52. The van der Waals surface area contributed by atoms with Gasteiger partial charge >= 0.3 is 0 Å². The Morgan fingerprint density at radius 2 is 1.56 bits per heavy atom. The molecule has 9 nitrogen and oxygen atoms in total. The zero-order valence-electron chi connectivity index (χ0n) is 19.3. The van der Waals surface area contributed by atoms with Crippen LogP contribution in [0, 0.1) is 0 Å². The first kappa shape index (κ1) is 22.2. The summed E-state index contributed by atoms with van der Waals surface area (Å²) in [5, 5.41) is 2.99. The second kappa shape index (κ2) is 8.64. The van der Waals surface area contributed by atoms with Crippen molar-refractivity contribution >= 4 is 29.1 Å². The van der Waals surface area contributed by atoms with Crippen LogP contribution in [0.3, 0.4) is 0 Å². The molecule has 5 rings (SSSR count). The molecule has 2 aromatic carbocycles. The Balaban J connectivity index is 1.34. The first-order valence-electron chi connectivity index (χ1n) is 11.4. The van der Waals surface area contributed by atoms with E-state index in [4.69, 9.17) is 9.47 Å². The van der Waals surface area contributed by atoms with Gasteiger partial charge in [0, 0.05) is 37.0 Å². The summed E-state index contributed by atoms with van der Waals surface area (Å²) < 4.78 is 10.6. The topological polar surface area (TPSA) is 91.4 Å². The van der Waals surface area contributed by atoms with Gasteiger partial charge < -0.3 is 19.7 Å². The van der Waals surface area contributed by atoms with Crippen molar-refractivity contribution < 1.29 is 23.9 Å². The Morgan fingerprint density at radius 1 is 0.912 bits per heavy atom. The average Bonchev–Trinajstić information content (AvgIpc) is 3.35. The van der Waals surface area contributed by atoms with E-state index in [1.807, 2.05) is 35.2 Å². The number of amides is 3. The second-order valence-electron chi connectivity index (χ2n) is 8.85. The van der Waals surface area contributed by atoms with Crippen molar-refractivity contribution in [2.75, 3.05) is 43.8 Å². The molecule has 2 aromatic rings. The lowest BCUT2D eigenvalue weighted by atomic mass is 9.85. The van der Waals surface area contributed by atoms with E-state index in [0.717, 1.165) is 5.69 Å². The molecule has 34 heavy (non-hydrogen) atoms. The molecule has 0 aliphatic carbocycles. The van der Waals surface area contributed by atoms with Crippen molar-refractivity contribution in [2.24, 2.45) is 0 Å². The summed E-state index contributed by atoms with van der Waals surface area (Å²) in [6.45, 7) is 1.57. The zero-order chi connectivity index (χ0) is 23.9. The predicted molar refractivity (Wildman–Crippen MR) is 126 cm³/mol. The van der Waals surface area contributed by atoms with Gasteiger partial charge in [-0.1, -0.05) is 18.2 Å². The van der Waals surface area contributed by atoms with E-state index >= 15 is 0 Å². The molecule has 3 aliphatic heterocycles. The van der Waals surface area contributed by atoms with Gasteiger partial charge in [-0.05, 0) is 25.0 Å². The lowest BCUT2D eigenvalue weighted by molar-refractivity contribution is -0.126. The van der Waals surface area contributed by atoms with Crippen LogP contribution in [0.4, 0.5) is 11.4 Å². The maximum atomic E-state index is 13.4. The van der Waals surface area contributed by atoms with Gasteiger partial charge in [-0.15, -0.1) is 0 Å².